The van der Waals surface area contributed by atoms with Crippen molar-refractivity contribution in [2.45, 2.75) is 6.61 Å². The molecule has 0 radical (unpaired) electrons. The number of methoxy groups -OCH3 is 3. The molecule has 0 unspecified atom stereocenters. The molecule has 2 aromatic carbocycles. The van der Waals surface area contributed by atoms with Crippen molar-refractivity contribution < 1.29 is 28.2 Å². The maximum atomic E-state index is 12.3. The Morgan fingerprint density at radius 3 is 2.37 bits per heavy atom. The van der Waals surface area contributed by atoms with Crippen molar-refractivity contribution in [1.82, 2.24) is 5.43 Å². The van der Waals surface area contributed by atoms with E-state index in [-0.39, 0.29) is 12.4 Å². The van der Waals surface area contributed by atoms with Gasteiger partial charge in [0.15, 0.2) is 17.3 Å². The zero-order valence-electron chi connectivity index (χ0n) is 16.9. The van der Waals surface area contributed by atoms with Gasteiger partial charge in [0.05, 0.1) is 27.5 Å². The van der Waals surface area contributed by atoms with Gasteiger partial charge in [0, 0.05) is 11.6 Å². The van der Waals surface area contributed by atoms with Crippen LogP contribution in [0.15, 0.2) is 64.1 Å². The third-order valence-electron chi connectivity index (χ3n) is 4.12. The Kier molecular flexibility index (Phi) is 6.94. The first-order chi connectivity index (χ1) is 14.6. The summed E-state index contributed by atoms with van der Waals surface area (Å²) in [5.74, 6) is 2.43. The van der Waals surface area contributed by atoms with Gasteiger partial charge in [-0.3, -0.25) is 4.79 Å². The topological polar surface area (TPSA) is 91.5 Å². The maximum Gasteiger partial charge on any atom is 0.307 e. The average molecular weight is 410 g/mol. The van der Waals surface area contributed by atoms with Gasteiger partial charge in [-0.05, 0) is 30.3 Å². The summed E-state index contributed by atoms with van der Waals surface area (Å²) in [6.45, 7) is 0.212. The number of hydrogen-bond donors (Lipinski definition) is 1. The molecule has 0 spiro atoms. The Balaban J connectivity index is 1.62. The standard InChI is InChI=1S/C22H22N2O6/c1-26-19-12-21(28-3)20(27-2)11-15(19)13-23-24-22(25)18-10-9-17(30-18)14-29-16-7-5-4-6-8-16/h4-13H,14H2,1-3H3,(H,24,25)/b23-13-. The summed E-state index contributed by atoms with van der Waals surface area (Å²) in [5, 5.41) is 3.97. The molecule has 3 rings (SSSR count). The lowest BCUT2D eigenvalue weighted by atomic mass is 10.2. The van der Waals surface area contributed by atoms with E-state index in [2.05, 4.69) is 10.5 Å². The lowest BCUT2D eigenvalue weighted by molar-refractivity contribution is 0.0923. The van der Waals surface area contributed by atoms with Gasteiger partial charge in [-0.15, -0.1) is 0 Å². The molecular weight excluding hydrogens is 388 g/mol. The van der Waals surface area contributed by atoms with Crippen LogP contribution in [-0.2, 0) is 6.61 Å². The molecule has 0 saturated heterocycles. The summed E-state index contributed by atoms with van der Waals surface area (Å²) < 4.78 is 27.0. The minimum atomic E-state index is -0.489. The zero-order chi connectivity index (χ0) is 21.3. The van der Waals surface area contributed by atoms with Crippen molar-refractivity contribution in [1.29, 1.82) is 0 Å². The van der Waals surface area contributed by atoms with Crippen molar-refractivity contribution in [3.05, 3.63) is 71.7 Å². The predicted molar refractivity (Wildman–Crippen MR) is 111 cm³/mol. The molecule has 0 atom stereocenters. The maximum absolute atomic E-state index is 12.3. The zero-order valence-corrected chi connectivity index (χ0v) is 16.9. The average Bonchev–Trinajstić information content (AvgIpc) is 3.27. The summed E-state index contributed by atoms with van der Waals surface area (Å²) in [5.41, 5.74) is 3.02. The highest BCUT2D eigenvalue weighted by atomic mass is 16.5. The molecule has 8 nitrogen and oxygen atoms in total. The number of para-hydroxylation sites is 1. The SMILES string of the molecule is COc1cc(OC)c(OC)cc1/C=N\NC(=O)c1ccc(COc2ccccc2)o1. The summed E-state index contributed by atoms with van der Waals surface area (Å²) in [6, 6.07) is 15.9. The number of nitrogens with one attached hydrogen (secondary N) is 1. The third kappa shape index (κ3) is 5.11. The lowest BCUT2D eigenvalue weighted by Crippen LogP contribution is -2.16. The number of rotatable bonds is 9. The Morgan fingerprint density at radius 2 is 1.67 bits per heavy atom. The second-order valence-corrected chi connectivity index (χ2v) is 6.02. The van der Waals surface area contributed by atoms with Crippen LogP contribution in [0.3, 0.4) is 0 Å². The number of ether oxygens (including phenoxy) is 4. The van der Waals surface area contributed by atoms with Crippen LogP contribution < -0.4 is 24.4 Å². The molecular formula is C22H22N2O6. The molecule has 3 aromatic rings. The summed E-state index contributed by atoms with van der Waals surface area (Å²) >= 11 is 0. The molecule has 30 heavy (non-hydrogen) atoms. The number of hydrazone groups is 1. The molecule has 156 valence electrons. The molecule has 1 N–H and O–H groups in total. The fourth-order valence-corrected chi connectivity index (χ4v) is 2.62. The van der Waals surface area contributed by atoms with E-state index in [9.17, 15) is 4.79 Å². The van der Waals surface area contributed by atoms with Crippen LogP contribution in [0.25, 0.3) is 0 Å². The van der Waals surface area contributed by atoms with Gasteiger partial charge in [0.1, 0.15) is 23.9 Å². The number of hydrogen-bond acceptors (Lipinski definition) is 7. The first-order valence-corrected chi connectivity index (χ1v) is 9.04. The van der Waals surface area contributed by atoms with Gasteiger partial charge in [-0.25, -0.2) is 5.43 Å². The smallest absolute Gasteiger partial charge is 0.307 e. The highest BCUT2D eigenvalue weighted by molar-refractivity contribution is 5.93. The van der Waals surface area contributed by atoms with E-state index in [0.717, 1.165) is 0 Å². The first-order valence-electron chi connectivity index (χ1n) is 9.04. The molecule has 0 fully saturated rings. The van der Waals surface area contributed by atoms with Gasteiger partial charge in [-0.1, -0.05) is 18.2 Å². The number of benzene rings is 2. The van der Waals surface area contributed by atoms with E-state index in [1.54, 1.807) is 24.3 Å². The number of furan rings is 1. The van der Waals surface area contributed by atoms with Crippen molar-refractivity contribution in [2.75, 3.05) is 21.3 Å². The van der Waals surface area contributed by atoms with Gasteiger partial charge in [0.2, 0.25) is 0 Å². The number of carbonyl (C=O) groups is 1. The molecule has 0 saturated carbocycles. The van der Waals surface area contributed by atoms with Crippen LogP contribution in [0.1, 0.15) is 21.9 Å². The number of carbonyl (C=O) groups excluding carboxylic acids is 1. The van der Waals surface area contributed by atoms with Crippen molar-refractivity contribution >= 4 is 12.1 Å². The van der Waals surface area contributed by atoms with Gasteiger partial charge >= 0.3 is 5.91 Å². The van der Waals surface area contributed by atoms with E-state index >= 15 is 0 Å². The molecule has 0 aliphatic carbocycles. The van der Waals surface area contributed by atoms with Crippen LogP contribution in [0, 0.1) is 0 Å². The summed E-state index contributed by atoms with van der Waals surface area (Å²) in [4.78, 5) is 12.3. The molecule has 1 aromatic heterocycles. The Bertz CT molecular complexity index is 1010. The highest BCUT2D eigenvalue weighted by Gasteiger charge is 2.12. The van der Waals surface area contributed by atoms with Gasteiger partial charge in [0.25, 0.3) is 0 Å². The van der Waals surface area contributed by atoms with Crippen LogP contribution in [0.4, 0.5) is 0 Å². The Morgan fingerprint density at radius 1 is 0.967 bits per heavy atom. The third-order valence-corrected chi connectivity index (χ3v) is 4.12. The van der Waals surface area contributed by atoms with Crippen LogP contribution in [0.2, 0.25) is 0 Å². The molecule has 0 aliphatic rings. The van der Waals surface area contributed by atoms with Gasteiger partial charge < -0.3 is 23.4 Å². The monoisotopic (exact) mass is 410 g/mol. The first kappa shape index (κ1) is 20.8. The normalized spacial score (nSPS) is 10.6. The van der Waals surface area contributed by atoms with Crippen LogP contribution in [0.5, 0.6) is 23.0 Å². The number of nitrogens with zero attached hydrogens (tertiary/aromatic N) is 1. The molecule has 1 amide bonds. The quantitative estimate of drug-likeness (QED) is 0.428. The van der Waals surface area contributed by atoms with Crippen LogP contribution in [-0.4, -0.2) is 33.5 Å². The Labute approximate surface area is 174 Å². The second-order valence-electron chi connectivity index (χ2n) is 6.02. The summed E-state index contributed by atoms with van der Waals surface area (Å²) in [7, 11) is 4.59. The molecule has 8 heteroatoms. The van der Waals surface area contributed by atoms with Crippen molar-refractivity contribution in [2.24, 2.45) is 5.10 Å². The number of amides is 1. The van der Waals surface area contributed by atoms with E-state index in [0.29, 0.717) is 34.3 Å². The van der Waals surface area contributed by atoms with E-state index in [1.165, 1.54) is 27.5 Å². The second kappa shape index (κ2) is 10.0. The summed E-state index contributed by atoms with van der Waals surface area (Å²) in [6.07, 6.45) is 1.45. The van der Waals surface area contributed by atoms with Crippen molar-refractivity contribution in [3.63, 3.8) is 0 Å². The minimum Gasteiger partial charge on any atom is -0.496 e. The van der Waals surface area contributed by atoms with Gasteiger partial charge in [-0.2, -0.15) is 5.10 Å². The molecule has 1 heterocycles. The van der Waals surface area contributed by atoms with E-state index in [1.807, 2.05) is 30.3 Å². The van der Waals surface area contributed by atoms with E-state index in [4.69, 9.17) is 23.4 Å². The molecule has 0 aliphatic heterocycles. The Hall–Kier alpha value is -3.94. The minimum absolute atomic E-state index is 0.123. The fraction of sp³-hybridized carbons (Fsp3) is 0.182. The predicted octanol–water partition coefficient (Wildman–Crippen LogP) is 3.65. The lowest BCUT2D eigenvalue weighted by Gasteiger charge is -2.11. The van der Waals surface area contributed by atoms with Crippen LogP contribution >= 0.6 is 0 Å². The van der Waals surface area contributed by atoms with Crippen molar-refractivity contribution in [3.8, 4) is 23.0 Å². The van der Waals surface area contributed by atoms with E-state index < -0.39 is 5.91 Å². The largest absolute Gasteiger partial charge is 0.496 e. The fourth-order valence-electron chi connectivity index (χ4n) is 2.62. The molecule has 0 bridgehead atoms. The highest BCUT2D eigenvalue weighted by Crippen LogP contribution is 2.33.